The van der Waals surface area contributed by atoms with Crippen molar-refractivity contribution in [1.29, 1.82) is 0 Å². The third-order valence-corrected chi connectivity index (χ3v) is 2.79. The maximum absolute atomic E-state index is 11.9. The molecule has 1 aliphatic heterocycles. The number of fused-ring (bicyclic) bond motifs is 1. The van der Waals surface area contributed by atoms with Crippen molar-refractivity contribution in [2.75, 3.05) is 0 Å². The van der Waals surface area contributed by atoms with Crippen LogP contribution >= 0.6 is 0 Å². The number of primary amides is 1. The molecule has 5 heteroatoms. The number of hydrogen-bond donors (Lipinski definition) is 1. The molecule has 90 valence electrons. The minimum absolute atomic E-state index is 0.222. The van der Waals surface area contributed by atoms with Crippen LogP contribution in [0.1, 0.15) is 18.1 Å². The second-order valence-corrected chi connectivity index (χ2v) is 4.04. The van der Waals surface area contributed by atoms with Gasteiger partial charge in [-0.05, 0) is 18.1 Å². The van der Waals surface area contributed by atoms with Crippen LogP contribution in [-0.2, 0) is 22.6 Å². The Bertz CT molecular complexity index is 434. The lowest BCUT2D eigenvalue weighted by Gasteiger charge is -2.19. The van der Waals surface area contributed by atoms with E-state index in [2.05, 4.69) is 4.74 Å². The van der Waals surface area contributed by atoms with Crippen molar-refractivity contribution >= 4 is 12.0 Å². The molecule has 2 N–H and O–H groups in total. The summed E-state index contributed by atoms with van der Waals surface area (Å²) in [7, 11) is 0. The zero-order chi connectivity index (χ0) is 12.4. The third kappa shape index (κ3) is 2.38. The number of rotatable bonds is 2. The van der Waals surface area contributed by atoms with Gasteiger partial charge in [0.25, 0.3) is 5.91 Å². The minimum atomic E-state index is -0.928. The fraction of sp³-hybridized carbons (Fsp3) is 0.333. The normalized spacial score (nSPS) is 15.2. The molecule has 17 heavy (non-hydrogen) atoms. The van der Waals surface area contributed by atoms with Gasteiger partial charge in [0.1, 0.15) is 0 Å². The van der Waals surface area contributed by atoms with E-state index in [-0.39, 0.29) is 5.91 Å². The Hall–Kier alpha value is -2.04. The Morgan fingerprint density at radius 1 is 1.29 bits per heavy atom. The molecule has 0 bridgehead atoms. The van der Waals surface area contributed by atoms with Crippen LogP contribution < -0.4 is 5.73 Å². The van der Waals surface area contributed by atoms with E-state index in [0.29, 0.717) is 13.1 Å². The van der Waals surface area contributed by atoms with Gasteiger partial charge in [-0.15, -0.1) is 0 Å². The summed E-state index contributed by atoms with van der Waals surface area (Å²) < 4.78 is 4.67. The number of amides is 2. The van der Waals surface area contributed by atoms with E-state index in [9.17, 15) is 9.59 Å². The van der Waals surface area contributed by atoms with Crippen LogP contribution in [-0.4, -0.2) is 23.0 Å². The predicted molar refractivity (Wildman–Crippen MR) is 60.8 cm³/mol. The quantitative estimate of drug-likeness (QED) is 0.830. The van der Waals surface area contributed by atoms with E-state index in [1.165, 1.54) is 6.92 Å². The highest BCUT2D eigenvalue weighted by atomic mass is 16.6. The number of ether oxygens (including phenoxy) is 1. The zero-order valence-electron chi connectivity index (χ0n) is 9.55. The van der Waals surface area contributed by atoms with Gasteiger partial charge in [0.15, 0.2) is 6.10 Å². The van der Waals surface area contributed by atoms with Gasteiger partial charge in [0.2, 0.25) is 0 Å². The van der Waals surface area contributed by atoms with Gasteiger partial charge in [-0.3, -0.25) is 4.79 Å². The molecule has 2 rings (SSSR count). The van der Waals surface area contributed by atoms with Crippen molar-refractivity contribution in [3.63, 3.8) is 0 Å². The second kappa shape index (κ2) is 4.45. The fourth-order valence-electron chi connectivity index (χ4n) is 1.97. The zero-order valence-corrected chi connectivity index (χ0v) is 9.55. The predicted octanol–water partition coefficient (Wildman–Crippen LogP) is 1.01. The highest BCUT2D eigenvalue weighted by Crippen LogP contribution is 2.22. The fourth-order valence-corrected chi connectivity index (χ4v) is 1.97. The summed E-state index contributed by atoms with van der Waals surface area (Å²) in [4.78, 5) is 24.2. The van der Waals surface area contributed by atoms with Crippen molar-refractivity contribution in [2.45, 2.75) is 26.1 Å². The molecular formula is C12H14N2O3. The van der Waals surface area contributed by atoms with Crippen molar-refractivity contribution in [2.24, 2.45) is 5.73 Å². The lowest BCUT2D eigenvalue weighted by Crippen LogP contribution is -2.37. The van der Waals surface area contributed by atoms with Crippen molar-refractivity contribution in [3.8, 4) is 0 Å². The number of benzene rings is 1. The van der Waals surface area contributed by atoms with E-state index in [1.807, 2.05) is 24.3 Å². The first kappa shape index (κ1) is 11.4. The maximum Gasteiger partial charge on any atom is 0.405 e. The Labute approximate surface area is 99.2 Å². The lowest BCUT2D eigenvalue weighted by atomic mass is 10.1. The molecule has 0 aliphatic carbocycles. The molecule has 1 heterocycles. The third-order valence-electron chi connectivity index (χ3n) is 2.79. The molecular weight excluding hydrogens is 220 g/mol. The first-order chi connectivity index (χ1) is 8.08. The van der Waals surface area contributed by atoms with Gasteiger partial charge >= 0.3 is 6.09 Å². The van der Waals surface area contributed by atoms with Crippen molar-refractivity contribution < 1.29 is 14.3 Å². The summed E-state index contributed by atoms with van der Waals surface area (Å²) in [5, 5.41) is 0. The lowest BCUT2D eigenvalue weighted by molar-refractivity contribution is -0.139. The Morgan fingerprint density at radius 2 is 1.82 bits per heavy atom. The van der Waals surface area contributed by atoms with Gasteiger partial charge in [-0.1, -0.05) is 24.3 Å². The smallest absolute Gasteiger partial charge is 0.405 e. The second-order valence-electron chi connectivity index (χ2n) is 4.04. The number of nitrogens with two attached hydrogens (primary N) is 1. The standard InChI is InChI=1S/C12H14N2O3/c1-8(17-12(13)16)11(15)14-6-9-4-2-3-5-10(9)7-14/h2-5,8H,6-7H2,1H3,(H2,13,16)/t8-/m1/s1. The van der Waals surface area contributed by atoms with Gasteiger partial charge in [0.05, 0.1) is 0 Å². The topological polar surface area (TPSA) is 72.6 Å². The number of carbonyl (C=O) groups excluding carboxylic acids is 2. The van der Waals surface area contributed by atoms with Crippen LogP contribution in [0.4, 0.5) is 4.79 Å². The molecule has 1 aromatic carbocycles. The van der Waals surface area contributed by atoms with Gasteiger partial charge in [-0.2, -0.15) is 0 Å². The molecule has 1 aromatic rings. The number of nitrogens with zero attached hydrogens (tertiary/aromatic N) is 1. The monoisotopic (exact) mass is 234 g/mol. The van der Waals surface area contributed by atoms with E-state index < -0.39 is 12.2 Å². The number of carbonyl (C=O) groups is 2. The van der Waals surface area contributed by atoms with Crippen LogP contribution in [0, 0.1) is 0 Å². The van der Waals surface area contributed by atoms with Crippen LogP contribution in [0.2, 0.25) is 0 Å². The molecule has 0 saturated carbocycles. The Kier molecular flexibility index (Phi) is 2.99. The van der Waals surface area contributed by atoms with Gasteiger partial charge in [0, 0.05) is 13.1 Å². The molecule has 0 radical (unpaired) electrons. The average molecular weight is 234 g/mol. The first-order valence-electron chi connectivity index (χ1n) is 5.39. The molecule has 1 aliphatic rings. The molecule has 0 unspecified atom stereocenters. The van der Waals surface area contributed by atoms with Crippen molar-refractivity contribution in [1.82, 2.24) is 4.90 Å². The highest BCUT2D eigenvalue weighted by Gasteiger charge is 2.28. The van der Waals surface area contributed by atoms with Crippen LogP contribution in [0.5, 0.6) is 0 Å². The Balaban J connectivity index is 2.03. The molecule has 0 fully saturated rings. The SMILES string of the molecule is C[C@@H](OC(N)=O)C(=O)N1Cc2ccccc2C1. The highest BCUT2D eigenvalue weighted by molar-refractivity contribution is 5.83. The van der Waals surface area contributed by atoms with E-state index in [4.69, 9.17) is 5.73 Å². The molecule has 0 aromatic heterocycles. The first-order valence-corrected chi connectivity index (χ1v) is 5.39. The average Bonchev–Trinajstić information content (AvgIpc) is 2.70. The van der Waals surface area contributed by atoms with Crippen molar-refractivity contribution in [3.05, 3.63) is 35.4 Å². The molecule has 0 spiro atoms. The van der Waals surface area contributed by atoms with E-state index >= 15 is 0 Å². The molecule has 1 atom stereocenters. The summed E-state index contributed by atoms with van der Waals surface area (Å²) >= 11 is 0. The summed E-state index contributed by atoms with van der Waals surface area (Å²) in [5.74, 6) is -0.222. The van der Waals surface area contributed by atoms with Gasteiger partial charge < -0.3 is 15.4 Å². The van der Waals surface area contributed by atoms with E-state index in [0.717, 1.165) is 11.1 Å². The largest absolute Gasteiger partial charge is 0.437 e. The summed E-state index contributed by atoms with van der Waals surface area (Å²) in [6.45, 7) is 2.64. The molecule has 2 amide bonds. The van der Waals surface area contributed by atoms with Crippen LogP contribution in [0.15, 0.2) is 24.3 Å². The summed E-state index contributed by atoms with van der Waals surface area (Å²) in [6, 6.07) is 7.86. The van der Waals surface area contributed by atoms with Crippen LogP contribution in [0.25, 0.3) is 0 Å². The Morgan fingerprint density at radius 3 is 2.29 bits per heavy atom. The van der Waals surface area contributed by atoms with Crippen LogP contribution in [0.3, 0.4) is 0 Å². The van der Waals surface area contributed by atoms with Gasteiger partial charge in [-0.25, -0.2) is 4.79 Å². The molecule has 5 nitrogen and oxygen atoms in total. The molecule has 0 saturated heterocycles. The summed E-state index contributed by atoms with van der Waals surface area (Å²) in [6.07, 6.45) is -1.76. The minimum Gasteiger partial charge on any atom is -0.437 e. The van der Waals surface area contributed by atoms with E-state index in [1.54, 1.807) is 4.90 Å². The number of hydrogen-bond acceptors (Lipinski definition) is 3. The summed E-state index contributed by atoms with van der Waals surface area (Å²) in [5.41, 5.74) is 7.15. The maximum atomic E-state index is 11.9.